The van der Waals surface area contributed by atoms with Crippen LogP contribution in [0.2, 0.25) is 0 Å². The van der Waals surface area contributed by atoms with E-state index in [4.69, 9.17) is 13.5 Å². The molecule has 0 spiro atoms. The van der Waals surface area contributed by atoms with E-state index in [1.54, 1.807) is 0 Å². The summed E-state index contributed by atoms with van der Waals surface area (Å²) in [6.07, 6.45) is 0. The van der Waals surface area contributed by atoms with Crippen LogP contribution in [0.15, 0.2) is 34.7 Å². The van der Waals surface area contributed by atoms with Gasteiger partial charge in [-0.2, -0.15) is 21.8 Å². The van der Waals surface area contributed by atoms with E-state index in [-0.39, 0.29) is 0 Å². The SMILES string of the molecule is CCN(CC)c1nc(-c2ccccc2)c(C)o1.O=S(=O)(O)CCS(=O)(=O)O. The summed E-state index contributed by atoms with van der Waals surface area (Å²) in [6.45, 7) is 7.98. The number of anilines is 1. The Bertz CT molecular complexity index is 887. The molecule has 152 valence electrons. The maximum absolute atomic E-state index is 9.86. The summed E-state index contributed by atoms with van der Waals surface area (Å²) in [4.78, 5) is 6.69. The molecule has 0 amide bonds. The summed E-state index contributed by atoms with van der Waals surface area (Å²) < 4.78 is 61.1. The van der Waals surface area contributed by atoms with Gasteiger partial charge in [0.15, 0.2) is 0 Å². The van der Waals surface area contributed by atoms with E-state index >= 15 is 0 Å². The molecule has 1 heterocycles. The topological polar surface area (TPSA) is 138 Å². The average Bonchev–Trinajstić information content (AvgIpc) is 2.96. The fourth-order valence-electron chi connectivity index (χ4n) is 2.09. The van der Waals surface area contributed by atoms with Gasteiger partial charge in [-0.1, -0.05) is 30.3 Å². The van der Waals surface area contributed by atoms with Gasteiger partial charge in [0.1, 0.15) is 11.5 Å². The molecule has 2 N–H and O–H groups in total. The zero-order valence-electron chi connectivity index (χ0n) is 15.4. The van der Waals surface area contributed by atoms with E-state index in [0.29, 0.717) is 6.01 Å². The van der Waals surface area contributed by atoms with E-state index in [1.807, 2.05) is 25.1 Å². The summed E-state index contributed by atoms with van der Waals surface area (Å²) in [5.41, 5.74) is 2.04. The summed E-state index contributed by atoms with van der Waals surface area (Å²) >= 11 is 0. The van der Waals surface area contributed by atoms with Gasteiger partial charge in [0, 0.05) is 18.7 Å². The molecule has 0 saturated carbocycles. The molecule has 0 atom stereocenters. The van der Waals surface area contributed by atoms with Gasteiger partial charge in [-0.05, 0) is 20.8 Å². The molecule has 0 bridgehead atoms. The molecule has 0 aliphatic rings. The Morgan fingerprint density at radius 2 is 1.44 bits per heavy atom. The lowest BCUT2D eigenvalue weighted by atomic mass is 10.1. The van der Waals surface area contributed by atoms with E-state index in [2.05, 4.69) is 35.9 Å². The second kappa shape index (κ2) is 9.83. The van der Waals surface area contributed by atoms with Gasteiger partial charge in [-0.3, -0.25) is 9.11 Å². The normalized spacial score (nSPS) is 11.6. The van der Waals surface area contributed by atoms with Gasteiger partial charge in [-0.25, -0.2) is 0 Å². The molecule has 2 rings (SSSR count). The first-order valence-electron chi connectivity index (χ1n) is 8.15. The molecular weight excluding hydrogens is 396 g/mol. The van der Waals surface area contributed by atoms with Crippen LogP contribution in [-0.2, 0) is 20.2 Å². The second-order valence-corrected chi connectivity index (χ2v) is 8.66. The van der Waals surface area contributed by atoms with Crippen LogP contribution in [0.4, 0.5) is 6.01 Å². The molecule has 1 aromatic carbocycles. The first-order valence-corrected chi connectivity index (χ1v) is 11.4. The monoisotopic (exact) mass is 420 g/mol. The van der Waals surface area contributed by atoms with Gasteiger partial charge < -0.3 is 9.32 Å². The minimum absolute atomic E-state index is 0.714. The Labute approximate surface area is 159 Å². The number of nitrogens with zero attached hydrogens (tertiary/aromatic N) is 2. The predicted molar refractivity (Wildman–Crippen MR) is 103 cm³/mol. The van der Waals surface area contributed by atoms with Crippen LogP contribution in [0, 0.1) is 6.92 Å². The molecule has 11 heteroatoms. The van der Waals surface area contributed by atoms with Crippen molar-refractivity contribution < 1.29 is 30.4 Å². The quantitative estimate of drug-likeness (QED) is 0.646. The minimum atomic E-state index is -4.30. The van der Waals surface area contributed by atoms with Crippen LogP contribution in [0.3, 0.4) is 0 Å². The third kappa shape index (κ3) is 8.52. The number of hydrogen-bond donors (Lipinski definition) is 2. The number of oxazole rings is 1. The van der Waals surface area contributed by atoms with Crippen molar-refractivity contribution in [1.82, 2.24) is 4.98 Å². The van der Waals surface area contributed by atoms with Crippen molar-refractivity contribution in [3.63, 3.8) is 0 Å². The highest BCUT2D eigenvalue weighted by atomic mass is 32.2. The Kier molecular flexibility index (Phi) is 8.41. The molecule has 0 radical (unpaired) electrons. The summed E-state index contributed by atoms with van der Waals surface area (Å²) in [7, 11) is -8.59. The molecule has 9 nitrogen and oxygen atoms in total. The number of aromatic nitrogens is 1. The van der Waals surface area contributed by atoms with Crippen LogP contribution >= 0.6 is 0 Å². The largest absolute Gasteiger partial charge is 0.428 e. The molecule has 0 saturated heterocycles. The molecule has 1 aromatic heterocycles. The van der Waals surface area contributed by atoms with Crippen molar-refractivity contribution >= 4 is 26.3 Å². The van der Waals surface area contributed by atoms with E-state index < -0.39 is 31.7 Å². The Balaban J connectivity index is 0.000000314. The lowest BCUT2D eigenvalue weighted by molar-refractivity contribution is 0.472. The first-order chi connectivity index (χ1) is 12.5. The predicted octanol–water partition coefficient (Wildman–Crippen LogP) is 2.26. The van der Waals surface area contributed by atoms with Gasteiger partial charge in [0.25, 0.3) is 26.3 Å². The fourth-order valence-corrected chi connectivity index (χ4v) is 3.77. The molecule has 2 aromatic rings. The van der Waals surface area contributed by atoms with Crippen LogP contribution in [0.5, 0.6) is 0 Å². The summed E-state index contributed by atoms with van der Waals surface area (Å²) in [5.74, 6) is -1.09. The number of aryl methyl sites for hydroxylation is 1. The molecular formula is C16H24N2O7S2. The highest BCUT2D eigenvalue weighted by Crippen LogP contribution is 2.26. The fraction of sp³-hybridized carbons (Fsp3) is 0.438. The molecule has 0 unspecified atom stereocenters. The lowest BCUT2D eigenvalue weighted by Crippen LogP contribution is -2.21. The van der Waals surface area contributed by atoms with Crippen LogP contribution in [0.25, 0.3) is 11.3 Å². The smallest absolute Gasteiger partial charge is 0.298 e. The van der Waals surface area contributed by atoms with Crippen LogP contribution < -0.4 is 4.90 Å². The maximum atomic E-state index is 9.86. The number of benzene rings is 1. The number of rotatable bonds is 7. The Morgan fingerprint density at radius 3 is 1.85 bits per heavy atom. The Hall–Kier alpha value is -1.95. The molecule has 27 heavy (non-hydrogen) atoms. The van der Waals surface area contributed by atoms with Crippen molar-refractivity contribution in [2.24, 2.45) is 0 Å². The van der Waals surface area contributed by atoms with Crippen molar-refractivity contribution in [3.8, 4) is 11.3 Å². The van der Waals surface area contributed by atoms with Gasteiger partial charge in [0.05, 0.1) is 11.5 Å². The van der Waals surface area contributed by atoms with Gasteiger partial charge >= 0.3 is 0 Å². The average molecular weight is 421 g/mol. The van der Waals surface area contributed by atoms with E-state index in [1.165, 1.54) is 0 Å². The maximum Gasteiger partial charge on any atom is 0.298 e. The third-order valence-corrected chi connectivity index (χ3v) is 5.16. The molecule has 0 aliphatic heterocycles. The zero-order chi connectivity index (χ0) is 20.7. The van der Waals surface area contributed by atoms with Crippen LogP contribution in [0.1, 0.15) is 19.6 Å². The van der Waals surface area contributed by atoms with Crippen molar-refractivity contribution in [2.75, 3.05) is 29.5 Å². The third-order valence-electron chi connectivity index (χ3n) is 3.47. The first kappa shape index (κ1) is 23.1. The van der Waals surface area contributed by atoms with E-state index in [9.17, 15) is 16.8 Å². The zero-order valence-corrected chi connectivity index (χ0v) is 17.0. The van der Waals surface area contributed by atoms with Crippen molar-refractivity contribution in [3.05, 3.63) is 36.1 Å². The molecule has 0 fully saturated rings. The van der Waals surface area contributed by atoms with Gasteiger partial charge in [-0.15, -0.1) is 0 Å². The summed E-state index contributed by atoms with van der Waals surface area (Å²) in [6, 6.07) is 10.9. The lowest BCUT2D eigenvalue weighted by Gasteiger charge is -2.14. The second-order valence-electron chi connectivity index (χ2n) is 5.51. The number of hydrogen-bond acceptors (Lipinski definition) is 7. The van der Waals surface area contributed by atoms with Crippen LogP contribution in [-0.4, -0.2) is 55.5 Å². The van der Waals surface area contributed by atoms with Crippen molar-refractivity contribution in [2.45, 2.75) is 20.8 Å². The van der Waals surface area contributed by atoms with E-state index in [0.717, 1.165) is 30.1 Å². The van der Waals surface area contributed by atoms with Gasteiger partial charge in [0.2, 0.25) is 0 Å². The van der Waals surface area contributed by atoms with Crippen molar-refractivity contribution in [1.29, 1.82) is 0 Å². The molecule has 0 aliphatic carbocycles. The highest BCUT2D eigenvalue weighted by molar-refractivity contribution is 7.89. The standard InChI is InChI=1S/C14H18N2O.C2H6O6S2/c1-4-16(5-2)14-15-13(11(3)17-14)12-9-7-6-8-10-12;3-9(4,5)1-2-10(6,7)8/h6-10H,4-5H2,1-3H3;1-2H2,(H,3,4,5)(H,6,7,8). The Morgan fingerprint density at radius 1 is 0.963 bits per heavy atom. The highest BCUT2D eigenvalue weighted by Gasteiger charge is 2.14. The summed E-state index contributed by atoms with van der Waals surface area (Å²) in [5, 5.41) is 0. The minimum Gasteiger partial charge on any atom is -0.428 e.